The molecule has 0 unspecified atom stereocenters. The van der Waals surface area contributed by atoms with E-state index in [-0.39, 0.29) is 0 Å². The Hall–Kier alpha value is -1.41. The first-order chi connectivity index (χ1) is 8.77. The topological polar surface area (TPSA) is 37.3 Å². The summed E-state index contributed by atoms with van der Waals surface area (Å²) >= 11 is 0. The van der Waals surface area contributed by atoms with E-state index >= 15 is 0 Å². The van der Waals surface area contributed by atoms with Gasteiger partial charge in [0.05, 0.1) is 0 Å². The predicted octanol–water partition coefficient (Wildman–Crippen LogP) is 4.00. The van der Waals surface area contributed by atoms with Crippen LogP contribution in [-0.2, 0) is 4.79 Å². The van der Waals surface area contributed by atoms with Crippen molar-refractivity contribution in [1.82, 2.24) is 0 Å². The quantitative estimate of drug-likeness (QED) is 0.494. The van der Waals surface area contributed by atoms with E-state index in [0.29, 0.717) is 6.42 Å². The van der Waals surface area contributed by atoms with Crippen molar-refractivity contribution >= 4 is 5.97 Å². The molecule has 2 nitrogen and oxygen atoms in total. The Morgan fingerprint density at radius 3 is 1.89 bits per heavy atom. The second-order valence-electron chi connectivity index (χ2n) is 4.30. The highest BCUT2D eigenvalue weighted by atomic mass is 16.4. The van der Waals surface area contributed by atoms with Crippen LogP contribution in [-0.4, -0.2) is 11.1 Å². The summed E-state index contributed by atoms with van der Waals surface area (Å²) < 4.78 is 0. The van der Waals surface area contributed by atoms with E-state index in [1.54, 1.807) is 0 Å². The molecule has 0 aliphatic rings. The molecular formula is C16H24O2. The molecule has 100 valence electrons. The molecule has 0 bridgehead atoms. The fourth-order valence-corrected chi connectivity index (χ4v) is 1.57. The van der Waals surface area contributed by atoms with E-state index in [2.05, 4.69) is 23.7 Å². The third kappa shape index (κ3) is 14.6. The van der Waals surface area contributed by atoms with Crippen molar-refractivity contribution in [2.24, 2.45) is 0 Å². The Kier molecular flexibility index (Phi) is 12.6. The van der Waals surface area contributed by atoms with Gasteiger partial charge in [-0.2, -0.15) is 0 Å². The molecule has 0 saturated heterocycles. The molecule has 0 saturated carbocycles. The van der Waals surface area contributed by atoms with E-state index < -0.39 is 5.97 Å². The molecule has 0 fully saturated rings. The number of carboxylic acid groups (broad SMARTS) is 1. The Bertz CT molecular complexity index is 322. The third-order valence-corrected chi connectivity index (χ3v) is 2.60. The average molecular weight is 248 g/mol. The molecule has 2 heteroatoms. The first-order valence-electron chi connectivity index (χ1n) is 6.84. The zero-order valence-electron chi connectivity index (χ0n) is 11.4. The van der Waals surface area contributed by atoms with Crippen LogP contribution >= 0.6 is 0 Å². The molecule has 0 aromatic heterocycles. The molecule has 0 radical (unpaired) electrons. The van der Waals surface area contributed by atoms with Gasteiger partial charge in [-0.3, -0.25) is 4.79 Å². The lowest BCUT2D eigenvalue weighted by atomic mass is 10.1. The third-order valence-electron chi connectivity index (χ3n) is 2.60. The molecule has 18 heavy (non-hydrogen) atoms. The highest BCUT2D eigenvalue weighted by Crippen LogP contribution is 2.05. The minimum Gasteiger partial charge on any atom is -0.481 e. The number of carboxylic acids is 1. The van der Waals surface area contributed by atoms with Crippen LogP contribution in [0.1, 0.15) is 71.1 Å². The summed E-state index contributed by atoms with van der Waals surface area (Å²) in [6, 6.07) is 0. The van der Waals surface area contributed by atoms with Crippen molar-refractivity contribution in [3.05, 3.63) is 0 Å². The van der Waals surface area contributed by atoms with Crippen LogP contribution in [0.5, 0.6) is 0 Å². The summed E-state index contributed by atoms with van der Waals surface area (Å²) in [5, 5.41) is 8.46. The van der Waals surface area contributed by atoms with Crippen LogP contribution in [0.3, 0.4) is 0 Å². The van der Waals surface area contributed by atoms with Gasteiger partial charge < -0.3 is 5.11 Å². The monoisotopic (exact) mass is 248 g/mol. The number of aliphatic carboxylic acids is 1. The minimum absolute atomic E-state index is 0.298. The van der Waals surface area contributed by atoms with Crippen molar-refractivity contribution in [3.8, 4) is 23.7 Å². The Balaban J connectivity index is 3.18. The molecule has 0 heterocycles. The van der Waals surface area contributed by atoms with Gasteiger partial charge in [0.2, 0.25) is 0 Å². The van der Waals surface area contributed by atoms with Gasteiger partial charge in [-0.1, -0.05) is 12.8 Å². The SMILES string of the molecule is CC#CCCCCC#CCCCCCCC(=O)O. The van der Waals surface area contributed by atoms with E-state index in [1.165, 1.54) is 0 Å². The second-order valence-corrected chi connectivity index (χ2v) is 4.30. The summed E-state index contributed by atoms with van der Waals surface area (Å²) in [4.78, 5) is 10.3. The molecule has 0 amide bonds. The smallest absolute Gasteiger partial charge is 0.303 e. The fraction of sp³-hybridized carbons (Fsp3) is 0.688. The van der Waals surface area contributed by atoms with Crippen LogP contribution in [0, 0.1) is 23.7 Å². The Morgan fingerprint density at radius 2 is 1.33 bits per heavy atom. The van der Waals surface area contributed by atoms with Gasteiger partial charge in [0.1, 0.15) is 0 Å². The molecule has 0 aromatic rings. The number of carbonyl (C=O) groups is 1. The molecule has 0 spiro atoms. The molecule has 0 aromatic carbocycles. The van der Waals surface area contributed by atoms with Gasteiger partial charge >= 0.3 is 5.97 Å². The Morgan fingerprint density at radius 1 is 0.833 bits per heavy atom. The molecule has 1 N–H and O–H groups in total. The van der Waals surface area contributed by atoms with Crippen LogP contribution in [0.4, 0.5) is 0 Å². The molecule has 0 rings (SSSR count). The van der Waals surface area contributed by atoms with E-state index in [9.17, 15) is 4.79 Å². The number of unbranched alkanes of at least 4 members (excludes halogenated alkanes) is 7. The van der Waals surface area contributed by atoms with Crippen LogP contribution in [0.25, 0.3) is 0 Å². The maximum absolute atomic E-state index is 10.3. The molecule has 0 aliphatic heterocycles. The zero-order valence-corrected chi connectivity index (χ0v) is 11.4. The maximum Gasteiger partial charge on any atom is 0.303 e. The first kappa shape index (κ1) is 16.6. The van der Waals surface area contributed by atoms with Gasteiger partial charge in [-0.05, 0) is 32.6 Å². The molecular weight excluding hydrogens is 224 g/mol. The molecule has 0 atom stereocenters. The van der Waals surface area contributed by atoms with Crippen molar-refractivity contribution in [1.29, 1.82) is 0 Å². The van der Waals surface area contributed by atoms with E-state index in [0.717, 1.165) is 57.8 Å². The number of hydrogen-bond acceptors (Lipinski definition) is 1. The first-order valence-corrected chi connectivity index (χ1v) is 6.84. The summed E-state index contributed by atoms with van der Waals surface area (Å²) in [5.41, 5.74) is 0. The lowest BCUT2D eigenvalue weighted by Gasteiger charge is -1.95. The predicted molar refractivity (Wildman–Crippen MR) is 75.0 cm³/mol. The van der Waals surface area contributed by atoms with E-state index in [4.69, 9.17) is 5.11 Å². The summed E-state index contributed by atoms with van der Waals surface area (Å²) in [7, 11) is 0. The van der Waals surface area contributed by atoms with Gasteiger partial charge in [-0.15, -0.1) is 23.7 Å². The lowest BCUT2D eigenvalue weighted by molar-refractivity contribution is -0.137. The van der Waals surface area contributed by atoms with Crippen LogP contribution in [0.2, 0.25) is 0 Å². The number of rotatable bonds is 9. The zero-order chi connectivity index (χ0) is 13.5. The summed E-state index contributed by atoms with van der Waals surface area (Å²) in [6.07, 6.45) is 9.47. The van der Waals surface area contributed by atoms with Crippen molar-refractivity contribution in [2.45, 2.75) is 71.1 Å². The molecule has 0 aliphatic carbocycles. The average Bonchev–Trinajstić information content (AvgIpc) is 2.34. The van der Waals surface area contributed by atoms with Crippen molar-refractivity contribution in [3.63, 3.8) is 0 Å². The van der Waals surface area contributed by atoms with Gasteiger partial charge in [0.15, 0.2) is 0 Å². The normalized spacial score (nSPS) is 8.94. The van der Waals surface area contributed by atoms with Crippen LogP contribution in [0.15, 0.2) is 0 Å². The minimum atomic E-state index is -0.692. The Labute approximate surface area is 111 Å². The van der Waals surface area contributed by atoms with Gasteiger partial charge in [-0.25, -0.2) is 0 Å². The summed E-state index contributed by atoms with van der Waals surface area (Å²) in [5.74, 6) is 11.6. The van der Waals surface area contributed by atoms with Crippen LogP contribution < -0.4 is 0 Å². The summed E-state index contributed by atoms with van der Waals surface area (Å²) in [6.45, 7) is 1.87. The lowest BCUT2D eigenvalue weighted by Crippen LogP contribution is -1.93. The standard InChI is InChI=1S/C16H24O2/c1-2-3-4-5-6-7-8-9-10-11-12-13-14-15-16(17)18/h4-7,10-15H2,1H3,(H,17,18). The second kappa shape index (κ2) is 13.7. The van der Waals surface area contributed by atoms with Crippen molar-refractivity contribution in [2.75, 3.05) is 0 Å². The van der Waals surface area contributed by atoms with Gasteiger partial charge in [0, 0.05) is 25.7 Å². The van der Waals surface area contributed by atoms with E-state index in [1.807, 2.05) is 6.92 Å². The highest BCUT2D eigenvalue weighted by molar-refractivity contribution is 5.66. The fourth-order valence-electron chi connectivity index (χ4n) is 1.57. The number of hydrogen-bond donors (Lipinski definition) is 1. The van der Waals surface area contributed by atoms with Crippen molar-refractivity contribution < 1.29 is 9.90 Å². The highest BCUT2D eigenvalue weighted by Gasteiger charge is 1.95. The largest absolute Gasteiger partial charge is 0.481 e. The van der Waals surface area contributed by atoms with Gasteiger partial charge in [0.25, 0.3) is 0 Å². The maximum atomic E-state index is 10.3.